The van der Waals surface area contributed by atoms with Gasteiger partial charge in [0.25, 0.3) is 5.91 Å². The summed E-state index contributed by atoms with van der Waals surface area (Å²) in [5.41, 5.74) is 0.854. The Morgan fingerprint density at radius 1 is 1.24 bits per heavy atom. The van der Waals surface area contributed by atoms with Crippen LogP contribution in [0.1, 0.15) is 23.4 Å². The Morgan fingerprint density at radius 3 is 2.79 bits per heavy atom. The number of hydrogen-bond donors (Lipinski definition) is 1. The molecule has 1 aliphatic carbocycles. The maximum absolute atomic E-state index is 12.2. The first kappa shape index (κ1) is 19.1. The van der Waals surface area contributed by atoms with Crippen LogP contribution in [0.5, 0.6) is 0 Å². The number of furan rings is 1. The molecule has 1 N–H and O–H groups in total. The number of fused-ring (bicyclic) bond motifs is 1. The molecule has 0 saturated heterocycles. The predicted molar refractivity (Wildman–Crippen MR) is 106 cm³/mol. The lowest BCUT2D eigenvalue weighted by atomic mass is 10.3. The number of hydrogen-bond acceptors (Lipinski definition) is 7. The van der Waals surface area contributed by atoms with Gasteiger partial charge >= 0.3 is 5.97 Å². The van der Waals surface area contributed by atoms with Crippen LogP contribution in [0.15, 0.2) is 40.8 Å². The maximum Gasteiger partial charge on any atom is 0.374 e. The summed E-state index contributed by atoms with van der Waals surface area (Å²) in [6.07, 6.45) is 1.95. The number of thiazole rings is 1. The fourth-order valence-corrected chi connectivity index (χ4v) is 3.58. The van der Waals surface area contributed by atoms with E-state index >= 15 is 0 Å². The third-order valence-corrected chi connectivity index (χ3v) is 5.44. The second-order valence-electron chi connectivity index (χ2n) is 6.82. The minimum atomic E-state index is -0.749. The molecule has 1 aliphatic rings. The van der Waals surface area contributed by atoms with Crippen molar-refractivity contribution < 1.29 is 23.5 Å². The van der Waals surface area contributed by atoms with E-state index in [4.69, 9.17) is 9.15 Å². The van der Waals surface area contributed by atoms with Gasteiger partial charge in [-0.1, -0.05) is 12.1 Å². The highest BCUT2D eigenvalue weighted by Crippen LogP contribution is 2.31. The second-order valence-corrected chi connectivity index (χ2v) is 7.85. The molecule has 0 atom stereocenters. The van der Waals surface area contributed by atoms with Gasteiger partial charge in [-0.15, -0.1) is 11.3 Å². The third-order valence-electron chi connectivity index (χ3n) is 4.39. The van der Waals surface area contributed by atoms with Gasteiger partial charge in [0, 0.05) is 13.1 Å². The van der Waals surface area contributed by atoms with Gasteiger partial charge in [-0.05, 0) is 37.1 Å². The van der Waals surface area contributed by atoms with Crippen molar-refractivity contribution in [2.24, 2.45) is 0 Å². The van der Waals surface area contributed by atoms with E-state index in [-0.39, 0.29) is 24.3 Å². The molecule has 0 unspecified atom stereocenters. The Labute approximate surface area is 170 Å². The van der Waals surface area contributed by atoms with Gasteiger partial charge in [0.15, 0.2) is 17.4 Å². The highest BCUT2D eigenvalue weighted by Gasteiger charge is 2.25. The first-order valence-corrected chi connectivity index (χ1v) is 9.97. The van der Waals surface area contributed by atoms with Gasteiger partial charge < -0.3 is 19.4 Å². The van der Waals surface area contributed by atoms with Gasteiger partial charge in [0.05, 0.1) is 16.8 Å². The number of esters is 1. The smallest absolute Gasteiger partial charge is 0.374 e. The van der Waals surface area contributed by atoms with Crippen molar-refractivity contribution in [1.29, 1.82) is 0 Å². The molecule has 0 radical (unpaired) electrons. The van der Waals surface area contributed by atoms with Gasteiger partial charge in [0.1, 0.15) is 0 Å². The Bertz CT molecular complexity index is 1040. The van der Waals surface area contributed by atoms with Crippen LogP contribution in [0.3, 0.4) is 0 Å². The topological polar surface area (TPSA) is 102 Å². The highest BCUT2D eigenvalue weighted by molar-refractivity contribution is 7.21. The quantitative estimate of drug-likeness (QED) is 0.597. The normalized spacial score (nSPS) is 13.3. The van der Waals surface area contributed by atoms with Crippen molar-refractivity contribution >= 4 is 39.3 Å². The summed E-state index contributed by atoms with van der Waals surface area (Å²) < 4.78 is 11.6. The van der Waals surface area contributed by atoms with Crippen LogP contribution in [0.2, 0.25) is 0 Å². The van der Waals surface area contributed by atoms with Crippen LogP contribution in [0.25, 0.3) is 21.0 Å². The molecule has 150 valence electrons. The monoisotopic (exact) mass is 413 g/mol. The van der Waals surface area contributed by atoms with Crippen molar-refractivity contribution in [3.8, 4) is 10.8 Å². The van der Waals surface area contributed by atoms with E-state index in [0.717, 1.165) is 23.1 Å². The average Bonchev–Trinajstić information content (AvgIpc) is 3.21. The van der Waals surface area contributed by atoms with Crippen molar-refractivity contribution in [3.05, 3.63) is 42.2 Å². The molecule has 0 aliphatic heterocycles. The SMILES string of the molecule is CN(CC(=O)NC1CC1)C(=O)COC(=O)c1ccc(-c2nc3ccccc3s2)o1. The number of rotatable bonds is 7. The lowest BCUT2D eigenvalue weighted by Crippen LogP contribution is -2.40. The molecular weight excluding hydrogens is 394 g/mol. The van der Waals surface area contributed by atoms with E-state index in [2.05, 4.69) is 10.3 Å². The molecule has 0 bridgehead atoms. The first-order chi connectivity index (χ1) is 14.0. The maximum atomic E-state index is 12.2. The molecule has 1 fully saturated rings. The van der Waals surface area contributed by atoms with Crippen LogP contribution in [-0.2, 0) is 14.3 Å². The van der Waals surface area contributed by atoms with Crippen LogP contribution < -0.4 is 5.32 Å². The molecule has 4 rings (SSSR count). The van der Waals surface area contributed by atoms with Crippen LogP contribution >= 0.6 is 11.3 Å². The van der Waals surface area contributed by atoms with Gasteiger partial charge in [-0.2, -0.15) is 0 Å². The molecule has 3 aromatic rings. The molecule has 2 aromatic heterocycles. The largest absolute Gasteiger partial charge is 0.450 e. The number of ether oxygens (including phenoxy) is 1. The molecule has 2 heterocycles. The Kier molecular flexibility index (Phi) is 5.30. The second kappa shape index (κ2) is 8.04. The Balaban J connectivity index is 1.31. The summed E-state index contributed by atoms with van der Waals surface area (Å²) in [4.78, 5) is 41.7. The fraction of sp³-hybridized carbons (Fsp3) is 0.300. The molecule has 0 spiro atoms. The first-order valence-electron chi connectivity index (χ1n) is 9.16. The Morgan fingerprint density at radius 2 is 2.03 bits per heavy atom. The average molecular weight is 413 g/mol. The van der Waals surface area contributed by atoms with Gasteiger partial charge in [0.2, 0.25) is 11.7 Å². The standard InChI is InChI=1S/C20H19N3O5S/c1-23(10-17(24)21-12-6-7-12)18(25)11-27-20(26)15-9-8-14(28-15)19-22-13-4-2-3-5-16(13)29-19/h2-5,8-9,12H,6-7,10-11H2,1H3,(H,21,24). The zero-order chi connectivity index (χ0) is 20.4. The summed E-state index contributed by atoms with van der Waals surface area (Å²) in [5.74, 6) is -0.996. The molecule has 1 aromatic carbocycles. The number of benzene rings is 1. The van der Waals surface area contributed by atoms with Crippen LogP contribution in [0.4, 0.5) is 0 Å². The lowest BCUT2D eigenvalue weighted by Gasteiger charge is -2.16. The lowest BCUT2D eigenvalue weighted by molar-refractivity contribution is -0.137. The van der Waals surface area contributed by atoms with Gasteiger partial charge in [-0.3, -0.25) is 9.59 Å². The van der Waals surface area contributed by atoms with E-state index in [1.807, 2.05) is 24.3 Å². The molecule has 29 heavy (non-hydrogen) atoms. The van der Waals surface area contributed by atoms with Crippen molar-refractivity contribution in [1.82, 2.24) is 15.2 Å². The Hall–Kier alpha value is -3.20. The van der Waals surface area contributed by atoms with E-state index in [0.29, 0.717) is 10.8 Å². The molecule has 8 nitrogen and oxygen atoms in total. The number of amides is 2. The summed E-state index contributed by atoms with van der Waals surface area (Å²) >= 11 is 1.46. The van der Waals surface area contributed by atoms with Crippen molar-refractivity contribution in [3.63, 3.8) is 0 Å². The highest BCUT2D eigenvalue weighted by atomic mass is 32.1. The summed E-state index contributed by atoms with van der Waals surface area (Å²) in [7, 11) is 1.49. The number of para-hydroxylation sites is 1. The summed E-state index contributed by atoms with van der Waals surface area (Å²) in [6, 6.07) is 11.1. The fourth-order valence-electron chi connectivity index (χ4n) is 2.65. The molecule has 1 saturated carbocycles. The van der Waals surface area contributed by atoms with E-state index < -0.39 is 18.5 Å². The number of nitrogens with one attached hydrogen (secondary N) is 1. The minimum absolute atomic E-state index is 0.0128. The van der Waals surface area contributed by atoms with Gasteiger partial charge in [-0.25, -0.2) is 9.78 Å². The van der Waals surface area contributed by atoms with E-state index in [1.165, 1.54) is 29.4 Å². The van der Waals surface area contributed by atoms with Crippen LogP contribution in [-0.4, -0.2) is 53.9 Å². The number of aromatic nitrogens is 1. The zero-order valence-electron chi connectivity index (χ0n) is 15.7. The number of nitrogens with zero attached hydrogens (tertiary/aromatic N) is 2. The van der Waals surface area contributed by atoms with E-state index in [9.17, 15) is 14.4 Å². The molecule has 2 amide bonds. The van der Waals surface area contributed by atoms with E-state index in [1.54, 1.807) is 6.07 Å². The predicted octanol–water partition coefficient (Wildman–Crippen LogP) is 2.45. The van der Waals surface area contributed by atoms with Crippen molar-refractivity contribution in [2.75, 3.05) is 20.2 Å². The summed E-state index contributed by atoms with van der Waals surface area (Å²) in [5, 5.41) is 3.45. The molecular formula is C20H19N3O5S. The zero-order valence-corrected chi connectivity index (χ0v) is 16.5. The summed E-state index contributed by atoms with van der Waals surface area (Å²) in [6.45, 7) is -0.543. The third kappa shape index (κ3) is 4.62. The van der Waals surface area contributed by atoms with Crippen molar-refractivity contribution in [2.45, 2.75) is 18.9 Å². The number of likely N-dealkylation sites (N-methyl/N-ethyl adjacent to an activating group) is 1. The molecule has 9 heteroatoms. The minimum Gasteiger partial charge on any atom is -0.450 e. The van der Waals surface area contributed by atoms with Crippen LogP contribution in [0, 0.1) is 0 Å². The number of carbonyl (C=O) groups is 3. The number of carbonyl (C=O) groups excluding carboxylic acids is 3.